The molecule has 0 unspecified atom stereocenters. The van der Waals surface area contributed by atoms with Gasteiger partial charge in [-0.05, 0) is 24.6 Å². The third-order valence-electron chi connectivity index (χ3n) is 4.70. The Morgan fingerprint density at radius 3 is 2.87 bits per heavy atom. The largest absolute Gasteiger partial charge is 0.466 e. The first-order valence-corrected chi connectivity index (χ1v) is 8.12. The number of esters is 1. The summed E-state index contributed by atoms with van der Waals surface area (Å²) in [6.45, 7) is 7.21. The Labute approximate surface area is 135 Å². The maximum atomic E-state index is 11.7. The topological polar surface area (TPSA) is 51.9 Å². The average molecular weight is 315 g/mol. The van der Waals surface area contributed by atoms with Gasteiger partial charge in [-0.3, -0.25) is 9.69 Å². The molecule has 2 aromatic rings. The molecule has 0 amide bonds. The molecule has 2 aliphatic heterocycles. The summed E-state index contributed by atoms with van der Waals surface area (Å²) in [5.41, 5.74) is 3.40. The molecule has 1 spiro atoms. The predicted molar refractivity (Wildman–Crippen MR) is 85.1 cm³/mol. The maximum absolute atomic E-state index is 11.7. The van der Waals surface area contributed by atoms with E-state index in [2.05, 4.69) is 17.0 Å². The molecule has 0 radical (unpaired) electrons. The number of ether oxygens (including phenoxy) is 2. The number of carbonyl (C=O) groups excluding carboxylic acids is 1. The number of rotatable bonds is 5. The van der Waals surface area contributed by atoms with Crippen molar-refractivity contribution in [3.05, 3.63) is 35.6 Å². The number of hydrogen-bond acceptors (Lipinski definition) is 5. The van der Waals surface area contributed by atoms with Crippen LogP contribution in [0, 0.1) is 5.41 Å². The SMILES string of the molecule is CCOC(=O)Cc1coc2ccc(CN3CC4(COC4)C3)cc12. The van der Waals surface area contributed by atoms with Crippen molar-refractivity contribution < 1.29 is 18.7 Å². The van der Waals surface area contributed by atoms with Crippen molar-refractivity contribution >= 4 is 16.9 Å². The standard InChI is InChI=1S/C18H21NO4/c1-2-22-17(20)6-14-8-23-16-4-3-13(5-15(14)16)7-19-9-18(10-19)11-21-12-18/h3-5,8H,2,6-7,9-12H2,1H3. The monoisotopic (exact) mass is 315 g/mol. The fourth-order valence-corrected chi connectivity index (χ4v) is 3.58. The lowest BCUT2D eigenvalue weighted by Gasteiger charge is -2.55. The second kappa shape index (κ2) is 5.65. The van der Waals surface area contributed by atoms with E-state index >= 15 is 0 Å². The van der Waals surface area contributed by atoms with Crippen LogP contribution >= 0.6 is 0 Å². The first-order valence-electron chi connectivity index (χ1n) is 8.12. The first kappa shape index (κ1) is 14.7. The summed E-state index contributed by atoms with van der Waals surface area (Å²) in [5, 5.41) is 1.01. The number of carbonyl (C=O) groups is 1. The molecule has 4 rings (SSSR count). The molecule has 0 bridgehead atoms. The number of hydrogen-bond donors (Lipinski definition) is 0. The Bertz CT molecular complexity index is 724. The normalized spacial score (nSPS) is 19.5. The zero-order valence-electron chi connectivity index (χ0n) is 13.3. The van der Waals surface area contributed by atoms with Gasteiger partial charge in [0.1, 0.15) is 5.58 Å². The van der Waals surface area contributed by atoms with Crippen molar-refractivity contribution in [2.45, 2.75) is 19.9 Å². The van der Waals surface area contributed by atoms with Crippen molar-refractivity contribution in [1.29, 1.82) is 0 Å². The second-order valence-electron chi connectivity index (χ2n) is 6.71. The van der Waals surface area contributed by atoms with E-state index in [9.17, 15) is 4.79 Å². The van der Waals surface area contributed by atoms with Gasteiger partial charge in [0.25, 0.3) is 0 Å². The summed E-state index contributed by atoms with van der Waals surface area (Å²) in [5.74, 6) is -0.213. The number of fused-ring (bicyclic) bond motifs is 1. The molecular formula is C18H21NO4. The van der Waals surface area contributed by atoms with Gasteiger partial charge in [-0.15, -0.1) is 0 Å². The highest BCUT2D eigenvalue weighted by molar-refractivity contribution is 5.86. The molecule has 5 heteroatoms. The minimum atomic E-state index is -0.213. The third-order valence-corrected chi connectivity index (χ3v) is 4.70. The smallest absolute Gasteiger partial charge is 0.310 e. The summed E-state index contributed by atoms with van der Waals surface area (Å²) in [6, 6.07) is 6.22. The van der Waals surface area contributed by atoms with E-state index in [0.29, 0.717) is 12.0 Å². The zero-order chi connectivity index (χ0) is 15.9. The van der Waals surface area contributed by atoms with Gasteiger partial charge in [-0.1, -0.05) is 6.07 Å². The summed E-state index contributed by atoms with van der Waals surface area (Å²) in [6.07, 6.45) is 1.92. The van der Waals surface area contributed by atoms with Gasteiger partial charge in [0.2, 0.25) is 0 Å². The molecule has 0 aliphatic carbocycles. The van der Waals surface area contributed by atoms with Crippen molar-refractivity contribution in [1.82, 2.24) is 4.90 Å². The summed E-state index contributed by atoms with van der Waals surface area (Å²) >= 11 is 0. The molecule has 1 aromatic carbocycles. The van der Waals surface area contributed by atoms with Crippen molar-refractivity contribution in [2.24, 2.45) is 5.41 Å². The van der Waals surface area contributed by atoms with Crippen molar-refractivity contribution in [3.63, 3.8) is 0 Å². The van der Waals surface area contributed by atoms with Crippen LogP contribution in [-0.2, 0) is 27.2 Å². The number of likely N-dealkylation sites (tertiary alicyclic amines) is 1. The zero-order valence-corrected chi connectivity index (χ0v) is 13.3. The Kier molecular flexibility index (Phi) is 3.62. The molecular weight excluding hydrogens is 294 g/mol. The van der Waals surface area contributed by atoms with Crippen LogP contribution in [0.15, 0.2) is 28.9 Å². The van der Waals surface area contributed by atoms with Crippen LogP contribution in [0.5, 0.6) is 0 Å². The van der Waals surface area contributed by atoms with Crippen LogP contribution < -0.4 is 0 Å². The Hall–Kier alpha value is -1.85. The molecule has 2 saturated heterocycles. The lowest BCUT2D eigenvalue weighted by atomic mass is 9.78. The number of benzene rings is 1. The van der Waals surface area contributed by atoms with Gasteiger partial charge >= 0.3 is 5.97 Å². The molecule has 2 fully saturated rings. The average Bonchev–Trinajstić information content (AvgIpc) is 2.83. The van der Waals surface area contributed by atoms with Crippen LogP contribution in [0.25, 0.3) is 11.0 Å². The van der Waals surface area contributed by atoms with Gasteiger partial charge in [0.15, 0.2) is 0 Å². The minimum absolute atomic E-state index is 0.213. The van der Waals surface area contributed by atoms with Crippen molar-refractivity contribution in [3.8, 4) is 0 Å². The molecule has 3 heterocycles. The Morgan fingerprint density at radius 2 is 2.17 bits per heavy atom. The third kappa shape index (κ3) is 2.75. The highest BCUT2D eigenvalue weighted by Crippen LogP contribution is 2.38. The van der Waals surface area contributed by atoms with Crippen LogP contribution in [0.3, 0.4) is 0 Å². The van der Waals surface area contributed by atoms with E-state index < -0.39 is 0 Å². The summed E-state index contributed by atoms with van der Waals surface area (Å²) in [7, 11) is 0. The Balaban J connectivity index is 1.47. The van der Waals surface area contributed by atoms with Crippen LogP contribution in [0.1, 0.15) is 18.1 Å². The lowest BCUT2D eigenvalue weighted by molar-refractivity contribution is -0.191. The van der Waals surface area contributed by atoms with Gasteiger partial charge in [0, 0.05) is 36.0 Å². The fourth-order valence-electron chi connectivity index (χ4n) is 3.58. The maximum Gasteiger partial charge on any atom is 0.310 e. The minimum Gasteiger partial charge on any atom is -0.466 e. The Morgan fingerprint density at radius 1 is 1.35 bits per heavy atom. The molecule has 0 saturated carbocycles. The van der Waals surface area contributed by atoms with Crippen LogP contribution in [0.4, 0.5) is 0 Å². The summed E-state index contributed by atoms with van der Waals surface area (Å²) < 4.78 is 15.9. The van der Waals surface area contributed by atoms with E-state index in [4.69, 9.17) is 13.9 Å². The molecule has 122 valence electrons. The molecule has 1 aromatic heterocycles. The number of nitrogens with zero attached hydrogens (tertiary/aromatic N) is 1. The molecule has 5 nitrogen and oxygen atoms in total. The van der Waals surface area contributed by atoms with Gasteiger partial charge in [0.05, 0.1) is 32.5 Å². The van der Waals surface area contributed by atoms with Gasteiger partial charge in [-0.25, -0.2) is 0 Å². The first-order chi connectivity index (χ1) is 11.2. The molecule has 0 N–H and O–H groups in total. The van der Waals surface area contributed by atoms with Crippen LogP contribution in [-0.4, -0.2) is 43.8 Å². The predicted octanol–water partition coefficient (Wildman–Crippen LogP) is 2.37. The highest BCUT2D eigenvalue weighted by atomic mass is 16.5. The van der Waals surface area contributed by atoms with E-state index in [1.165, 1.54) is 5.56 Å². The molecule has 23 heavy (non-hydrogen) atoms. The molecule has 0 atom stereocenters. The van der Waals surface area contributed by atoms with E-state index in [0.717, 1.165) is 49.4 Å². The fraction of sp³-hybridized carbons (Fsp3) is 0.500. The lowest BCUT2D eigenvalue weighted by Crippen LogP contribution is -2.65. The van der Waals surface area contributed by atoms with Gasteiger partial charge in [-0.2, -0.15) is 0 Å². The number of furan rings is 1. The van der Waals surface area contributed by atoms with E-state index in [-0.39, 0.29) is 12.4 Å². The summed E-state index contributed by atoms with van der Waals surface area (Å²) in [4.78, 5) is 14.1. The van der Waals surface area contributed by atoms with Gasteiger partial charge < -0.3 is 13.9 Å². The van der Waals surface area contributed by atoms with E-state index in [1.807, 2.05) is 13.0 Å². The van der Waals surface area contributed by atoms with E-state index in [1.54, 1.807) is 6.26 Å². The quantitative estimate of drug-likeness (QED) is 0.793. The second-order valence-corrected chi connectivity index (χ2v) is 6.71. The van der Waals surface area contributed by atoms with Crippen LogP contribution in [0.2, 0.25) is 0 Å². The molecule has 2 aliphatic rings. The highest BCUT2D eigenvalue weighted by Gasteiger charge is 2.48. The van der Waals surface area contributed by atoms with Crippen molar-refractivity contribution in [2.75, 3.05) is 32.9 Å².